The molecule has 0 saturated carbocycles. The predicted octanol–water partition coefficient (Wildman–Crippen LogP) is 4.31. The molecule has 0 bridgehead atoms. The van der Waals surface area contributed by atoms with Gasteiger partial charge in [0.25, 0.3) is 11.6 Å². The Morgan fingerprint density at radius 2 is 1.91 bits per heavy atom. The summed E-state index contributed by atoms with van der Waals surface area (Å²) in [6.45, 7) is 1.53. The van der Waals surface area contributed by atoms with Crippen LogP contribution in [-0.4, -0.2) is 16.9 Å². The molecule has 120 valence electrons. The quantitative estimate of drug-likeness (QED) is 0.640. The number of halogens is 2. The van der Waals surface area contributed by atoms with Crippen molar-refractivity contribution in [2.24, 2.45) is 0 Å². The van der Waals surface area contributed by atoms with Crippen LogP contribution in [0.25, 0.3) is 0 Å². The van der Waals surface area contributed by atoms with Crippen LogP contribution in [0, 0.1) is 10.1 Å². The van der Waals surface area contributed by atoms with E-state index in [1.165, 1.54) is 19.1 Å². The number of ether oxygens (including phenoxy) is 1. The summed E-state index contributed by atoms with van der Waals surface area (Å²) in [7, 11) is 0. The maximum Gasteiger partial charge on any atom is 0.271 e. The highest BCUT2D eigenvalue weighted by Crippen LogP contribution is 2.29. The van der Waals surface area contributed by atoms with Crippen molar-refractivity contribution in [3.63, 3.8) is 0 Å². The molecule has 1 amide bonds. The molecule has 0 saturated heterocycles. The smallest absolute Gasteiger partial charge is 0.271 e. The number of nitro benzene ring substituents is 1. The van der Waals surface area contributed by atoms with E-state index < -0.39 is 16.9 Å². The molecule has 1 atom stereocenters. The van der Waals surface area contributed by atoms with Gasteiger partial charge in [-0.1, -0.05) is 35.3 Å². The fourth-order valence-corrected chi connectivity index (χ4v) is 2.14. The highest BCUT2D eigenvalue weighted by molar-refractivity contribution is 6.33. The van der Waals surface area contributed by atoms with Gasteiger partial charge in [-0.3, -0.25) is 14.9 Å². The molecule has 0 heterocycles. The number of carbonyl (C=O) groups is 1. The van der Waals surface area contributed by atoms with E-state index in [-0.39, 0.29) is 16.5 Å². The van der Waals surface area contributed by atoms with Crippen molar-refractivity contribution >= 4 is 40.5 Å². The van der Waals surface area contributed by atoms with Gasteiger partial charge in [0.05, 0.1) is 20.7 Å². The number of hydrogen-bond acceptors (Lipinski definition) is 4. The minimum Gasteiger partial charge on any atom is -0.479 e. The molecule has 0 unspecified atom stereocenters. The molecule has 0 aliphatic carbocycles. The number of anilines is 1. The van der Waals surface area contributed by atoms with E-state index in [1.807, 2.05) is 0 Å². The normalized spacial score (nSPS) is 11.6. The summed E-state index contributed by atoms with van der Waals surface area (Å²) in [4.78, 5) is 22.2. The molecule has 0 aliphatic rings. The molecule has 8 heteroatoms. The number of amides is 1. The molecule has 23 heavy (non-hydrogen) atoms. The zero-order valence-corrected chi connectivity index (χ0v) is 13.5. The molecule has 2 aromatic carbocycles. The second-order valence-corrected chi connectivity index (χ2v) is 5.42. The summed E-state index contributed by atoms with van der Waals surface area (Å²) in [6.07, 6.45) is -0.870. The molecule has 0 spiro atoms. The minimum atomic E-state index is -0.870. The third kappa shape index (κ3) is 4.34. The SMILES string of the molecule is C[C@H](Oc1ccc([N+](=O)[O-])cc1Cl)C(=O)Nc1ccccc1Cl. The predicted molar refractivity (Wildman–Crippen MR) is 88.3 cm³/mol. The first-order valence-electron chi connectivity index (χ1n) is 6.54. The van der Waals surface area contributed by atoms with Crippen LogP contribution in [0.2, 0.25) is 10.0 Å². The number of nitrogens with one attached hydrogen (secondary N) is 1. The van der Waals surface area contributed by atoms with E-state index in [9.17, 15) is 14.9 Å². The standard InChI is InChI=1S/C15H12Cl2N2O4/c1-9(15(20)18-13-5-3-2-4-11(13)16)23-14-7-6-10(19(21)22)8-12(14)17/h2-9H,1H3,(H,18,20)/t9-/m0/s1. The average molecular weight is 355 g/mol. The minimum absolute atomic E-state index is 0.0524. The number of benzene rings is 2. The summed E-state index contributed by atoms with van der Waals surface area (Å²) in [5.41, 5.74) is 0.305. The Bertz CT molecular complexity index is 752. The molecule has 0 aromatic heterocycles. The lowest BCUT2D eigenvalue weighted by molar-refractivity contribution is -0.384. The van der Waals surface area contributed by atoms with Gasteiger partial charge < -0.3 is 10.1 Å². The van der Waals surface area contributed by atoms with Gasteiger partial charge in [0, 0.05) is 12.1 Å². The van der Waals surface area contributed by atoms with Crippen LogP contribution >= 0.6 is 23.2 Å². The zero-order valence-electron chi connectivity index (χ0n) is 12.0. The summed E-state index contributed by atoms with van der Waals surface area (Å²) in [5, 5.41) is 13.7. The number of rotatable bonds is 5. The highest BCUT2D eigenvalue weighted by atomic mass is 35.5. The third-order valence-electron chi connectivity index (χ3n) is 2.93. The van der Waals surface area contributed by atoms with Gasteiger partial charge in [-0.15, -0.1) is 0 Å². The van der Waals surface area contributed by atoms with Crippen LogP contribution in [0.1, 0.15) is 6.92 Å². The van der Waals surface area contributed by atoms with Gasteiger partial charge in [-0.2, -0.15) is 0 Å². The molecule has 0 fully saturated rings. The first kappa shape index (κ1) is 17.1. The monoisotopic (exact) mass is 354 g/mol. The Hall–Kier alpha value is -2.31. The van der Waals surface area contributed by atoms with Crippen molar-refractivity contribution in [3.8, 4) is 5.75 Å². The fourth-order valence-electron chi connectivity index (χ4n) is 1.74. The van der Waals surface area contributed by atoms with Crippen molar-refractivity contribution < 1.29 is 14.5 Å². The molecule has 6 nitrogen and oxygen atoms in total. The lowest BCUT2D eigenvalue weighted by Gasteiger charge is -2.16. The van der Waals surface area contributed by atoms with Crippen LogP contribution in [0.15, 0.2) is 42.5 Å². The number of nitrogens with zero attached hydrogens (tertiary/aromatic N) is 1. The molecule has 2 rings (SSSR count). The Morgan fingerprint density at radius 1 is 1.22 bits per heavy atom. The van der Waals surface area contributed by atoms with Gasteiger partial charge >= 0.3 is 0 Å². The Balaban J connectivity index is 2.07. The summed E-state index contributed by atoms with van der Waals surface area (Å²) in [5.74, 6) is -0.244. The summed E-state index contributed by atoms with van der Waals surface area (Å²) in [6, 6.07) is 10.5. The van der Waals surface area contributed by atoms with E-state index in [0.717, 1.165) is 6.07 Å². The van der Waals surface area contributed by atoms with Gasteiger partial charge in [0.2, 0.25) is 0 Å². The van der Waals surface area contributed by atoms with E-state index in [4.69, 9.17) is 27.9 Å². The molecule has 0 radical (unpaired) electrons. The van der Waals surface area contributed by atoms with Gasteiger partial charge in [-0.05, 0) is 25.1 Å². The topological polar surface area (TPSA) is 81.5 Å². The second kappa shape index (κ2) is 7.30. The highest BCUT2D eigenvalue weighted by Gasteiger charge is 2.18. The largest absolute Gasteiger partial charge is 0.479 e. The fraction of sp³-hybridized carbons (Fsp3) is 0.133. The molecule has 2 aromatic rings. The first-order chi connectivity index (χ1) is 10.9. The Labute approximate surface area is 142 Å². The molecular weight excluding hydrogens is 343 g/mol. The van der Waals surface area contributed by atoms with Crippen molar-refractivity contribution in [3.05, 3.63) is 62.6 Å². The molecule has 1 N–H and O–H groups in total. The number of non-ortho nitro benzene ring substituents is 1. The first-order valence-corrected chi connectivity index (χ1v) is 7.30. The van der Waals surface area contributed by atoms with E-state index in [2.05, 4.69) is 5.32 Å². The number of para-hydroxylation sites is 1. The zero-order chi connectivity index (χ0) is 17.0. The van der Waals surface area contributed by atoms with Gasteiger partial charge in [0.1, 0.15) is 5.75 Å². The van der Waals surface area contributed by atoms with Crippen LogP contribution in [0.3, 0.4) is 0 Å². The molecule has 0 aliphatic heterocycles. The van der Waals surface area contributed by atoms with E-state index in [0.29, 0.717) is 10.7 Å². The maximum atomic E-state index is 12.1. The lowest BCUT2D eigenvalue weighted by Crippen LogP contribution is -2.30. The van der Waals surface area contributed by atoms with E-state index >= 15 is 0 Å². The lowest BCUT2D eigenvalue weighted by atomic mass is 10.2. The summed E-state index contributed by atoms with van der Waals surface area (Å²) < 4.78 is 5.44. The Kier molecular flexibility index (Phi) is 5.41. The summed E-state index contributed by atoms with van der Waals surface area (Å²) >= 11 is 11.9. The number of nitro groups is 1. The van der Waals surface area contributed by atoms with Crippen molar-refractivity contribution in [1.29, 1.82) is 0 Å². The van der Waals surface area contributed by atoms with Crippen LogP contribution in [-0.2, 0) is 4.79 Å². The number of carbonyl (C=O) groups excluding carboxylic acids is 1. The van der Waals surface area contributed by atoms with Crippen LogP contribution in [0.5, 0.6) is 5.75 Å². The van der Waals surface area contributed by atoms with Gasteiger partial charge in [0.15, 0.2) is 6.10 Å². The van der Waals surface area contributed by atoms with Crippen molar-refractivity contribution in [2.45, 2.75) is 13.0 Å². The van der Waals surface area contributed by atoms with Crippen molar-refractivity contribution in [2.75, 3.05) is 5.32 Å². The average Bonchev–Trinajstić information content (AvgIpc) is 2.51. The second-order valence-electron chi connectivity index (χ2n) is 4.60. The maximum absolute atomic E-state index is 12.1. The Morgan fingerprint density at radius 3 is 2.52 bits per heavy atom. The van der Waals surface area contributed by atoms with Crippen LogP contribution < -0.4 is 10.1 Å². The number of hydrogen-bond donors (Lipinski definition) is 1. The van der Waals surface area contributed by atoms with Gasteiger partial charge in [-0.25, -0.2) is 0 Å². The van der Waals surface area contributed by atoms with Crippen LogP contribution in [0.4, 0.5) is 11.4 Å². The third-order valence-corrected chi connectivity index (χ3v) is 3.56. The van der Waals surface area contributed by atoms with Crippen molar-refractivity contribution in [1.82, 2.24) is 0 Å². The molecular formula is C15H12Cl2N2O4. The van der Waals surface area contributed by atoms with E-state index in [1.54, 1.807) is 24.3 Å².